The summed E-state index contributed by atoms with van der Waals surface area (Å²) in [6, 6.07) is 2.04. The molecule has 0 bridgehead atoms. The SMILES string of the molecule is CCCC(C#N)C(=O)NCCCCn1ccnc1. The first-order chi connectivity index (χ1) is 8.77. The van der Waals surface area contributed by atoms with Gasteiger partial charge in [-0.05, 0) is 19.3 Å². The van der Waals surface area contributed by atoms with Gasteiger partial charge in [0.1, 0.15) is 5.92 Å². The zero-order valence-corrected chi connectivity index (χ0v) is 10.8. The van der Waals surface area contributed by atoms with Gasteiger partial charge in [-0.25, -0.2) is 4.98 Å². The van der Waals surface area contributed by atoms with Crippen molar-refractivity contribution in [1.29, 1.82) is 5.26 Å². The van der Waals surface area contributed by atoms with Crippen molar-refractivity contribution in [1.82, 2.24) is 14.9 Å². The maximum Gasteiger partial charge on any atom is 0.237 e. The fraction of sp³-hybridized carbons (Fsp3) is 0.615. The molecule has 0 aliphatic heterocycles. The van der Waals surface area contributed by atoms with Gasteiger partial charge in [-0.15, -0.1) is 0 Å². The van der Waals surface area contributed by atoms with Crippen LogP contribution in [0.3, 0.4) is 0 Å². The predicted octanol–water partition coefficient (Wildman–Crippen LogP) is 1.72. The van der Waals surface area contributed by atoms with Crippen LogP contribution in [0.1, 0.15) is 32.6 Å². The monoisotopic (exact) mass is 248 g/mol. The molecule has 1 N–H and O–H groups in total. The third kappa shape index (κ3) is 5.00. The first kappa shape index (κ1) is 14.2. The molecule has 1 atom stereocenters. The van der Waals surface area contributed by atoms with Crippen molar-refractivity contribution in [2.75, 3.05) is 6.54 Å². The Balaban J connectivity index is 2.10. The van der Waals surface area contributed by atoms with Crippen LogP contribution in [0.5, 0.6) is 0 Å². The molecule has 1 heterocycles. The second-order valence-electron chi connectivity index (χ2n) is 4.27. The average Bonchev–Trinajstić information content (AvgIpc) is 2.88. The number of rotatable bonds is 8. The van der Waals surface area contributed by atoms with Crippen LogP contribution in [-0.4, -0.2) is 22.0 Å². The Morgan fingerprint density at radius 1 is 1.56 bits per heavy atom. The summed E-state index contributed by atoms with van der Waals surface area (Å²) < 4.78 is 2.01. The Bertz CT molecular complexity index is 380. The smallest absolute Gasteiger partial charge is 0.237 e. The standard InChI is InChI=1S/C13H20N4O/c1-2-5-12(10-14)13(18)16-6-3-4-8-17-9-7-15-11-17/h7,9,11-12H,2-6,8H2,1H3,(H,16,18). The van der Waals surface area contributed by atoms with E-state index in [1.807, 2.05) is 23.8 Å². The molecule has 1 amide bonds. The largest absolute Gasteiger partial charge is 0.355 e. The van der Waals surface area contributed by atoms with Crippen molar-refractivity contribution in [2.45, 2.75) is 39.2 Å². The minimum atomic E-state index is -0.497. The number of carbonyl (C=O) groups is 1. The van der Waals surface area contributed by atoms with E-state index in [9.17, 15) is 4.79 Å². The van der Waals surface area contributed by atoms with E-state index in [2.05, 4.69) is 10.3 Å². The van der Waals surface area contributed by atoms with Crippen LogP contribution < -0.4 is 5.32 Å². The van der Waals surface area contributed by atoms with Crippen molar-refractivity contribution >= 4 is 5.91 Å². The molecule has 98 valence electrons. The van der Waals surface area contributed by atoms with Crippen molar-refractivity contribution in [3.05, 3.63) is 18.7 Å². The summed E-state index contributed by atoms with van der Waals surface area (Å²) in [5.74, 6) is -0.634. The van der Waals surface area contributed by atoms with Gasteiger partial charge in [0.2, 0.25) is 5.91 Å². The van der Waals surface area contributed by atoms with Crippen molar-refractivity contribution in [3.8, 4) is 6.07 Å². The number of hydrogen-bond acceptors (Lipinski definition) is 3. The van der Waals surface area contributed by atoms with Gasteiger partial charge in [0.05, 0.1) is 12.4 Å². The van der Waals surface area contributed by atoms with Crippen molar-refractivity contribution in [3.63, 3.8) is 0 Å². The molecule has 18 heavy (non-hydrogen) atoms. The quantitative estimate of drug-likeness (QED) is 0.712. The number of unbranched alkanes of at least 4 members (excludes halogenated alkanes) is 1. The van der Waals surface area contributed by atoms with E-state index in [4.69, 9.17) is 5.26 Å². The van der Waals surface area contributed by atoms with Gasteiger partial charge in [0.15, 0.2) is 0 Å². The zero-order valence-electron chi connectivity index (χ0n) is 10.8. The second-order valence-corrected chi connectivity index (χ2v) is 4.27. The number of amides is 1. The molecule has 0 fully saturated rings. The van der Waals surface area contributed by atoms with Gasteiger partial charge >= 0.3 is 0 Å². The molecule has 0 saturated carbocycles. The number of hydrogen-bond donors (Lipinski definition) is 1. The van der Waals surface area contributed by atoms with Crippen LogP contribution in [0.2, 0.25) is 0 Å². The molecule has 1 rings (SSSR count). The highest BCUT2D eigenvalue weighted by Gasteiger charge is 2.15. The second kappa shape index (κ2) is 8.29. The summed E-state index contributed by atoms with van der Waals surface area (Å²) >= 11 is 0. The molecule has 0 saturated heterocycles. The van der Waals surface area contributed by atoms with Crippen LogP contribution in [-0.2, 0) is 11.3 Å². The van der Waals surface area contributed by atoms with Crippen LogP contribution in [0.15, 0.2) is 18.7 Å². The van der Waals surface area contributed by atoms with Gasteiger partial charge in [0, 0.05) is 25.5 Å². The van der Waals surface area contributed by atoms with E-state index >= 15 is 0 Å². The lowest BCUT2D eigenvalue weighted by Gasteiger charge is -2.09. The van der Waals surface area contributed by atoms with Gasteiger partial charge in [-0.1, -0.05) is 13.3 Å². The average molecular weight is 248 g/mol. The molecule has 1 aromatic rings. The summed E-state index contributed by atoms with van der Waals surface area (Å²) in [7, 11) is 0. The highest BCUT2D eigenvalue weighted by molar-refractivity contribution is 5.80. The highest BCUT2D eigenvalue weighted by Crippen LogP contribution is 2.04. The fourth-order valence-electron chi connectivity index (χ4n) is 1.72. The fourth-order valence-corrected chi connectivity index (χ4v) is 1.72. The molecule has 5 heteroatoms. The number of carbonyl (C=O) groups excluding carboxylic acids is 1. The number of nitriles is 1. The Labute approximate surface area is 108 Å². The van der Waals surface area contributed by atoms with Crippen LogP contribution in [0, 0.1) is 17.2 Å². The summed E-state index contributed by atoms with van der Waals surface area (Å²) in [6.07, 6.45) is 8.85. The Hall–Kier alpha value is -1.83. The number of nitrogens with one attached hydrogen (secondary N) is 1. The first-order valence-corrected chi connectivity index (χ1v) is 6.41. The molecular weight excluding hydrogens is 228 g/mol. The van der Waals surface area contributed by atoms with Crippen molar-refractivity contribution in [2.24, 2.45) is 5.92 Å². The normalized spacial score (nSPS) is 11.8. The molecule has 0 aliphatic carbocycles. The molecule has 0 aromatic carbocycles. The van der Waals surface area contributed by atoms with Gasteiger partial charge in [-0.3, -0.25) is 4.79 Å². The summed E-state index contributed by atoms with van der Waals surface area (Å²) in [5.41, 5.74) is 0. The molecular formula is C13H20N4O. The minimum Gasteiger partial charge on any atom is -0.355 e. The number of aromatic nitrogens is 2. The van der Waals surface area contributed by atoms with Crippen LogP contribution in [0.25, 0.3) is 0 Å². The maximum atomic E-state index is 11.6. The third-order valence-electron chi connectivity index (χ3n) is 2.75. The van der Waals surface area contributed by atoms with Crippen LogP contribution in [0.4, 0.5) is 0 Å². The third-order valence-corrected chi connectivity index (χ3v) is 2.75. The lowest BCUT2D eigenvalue weighted by atomic mass is 10.1. The zero-order chi connectivity index (χ0) is 13.2. The minimum absolute atomic E-state index is 0.137. The topological polar surface area (TPSA) is 70.7 Å². The Kier molecular flexibility index (Phi) is 6.55. The molecule has 5 nitrogen and oxygen atoms in total. The van der Waals surface area contributed by atoms with E-state index in [1.165, 1.54) is 0 Å². The summed E-state index contributed by atoms with van der Waals surface area (Å²) in [6.45, 7) is 3.52. The molecule has 0 radical (unpaired) electrons. The Morgan fingerprint density at radius 2 is 2.39 bits per heavy atom. The van der Waals surface area contributed by atoms with E-state index in [1.54, 1.807) is 12.5 Å². The van der Waals surface area contributed by atoms with Crippen molar-refractivity contribution < 1.29 is 4.79 Å². The number of imidazole rings is 1. The lowest BCUT2D eigenvalue weighted by molar-refractivity contribution is -0.123. The molecule has 1 aromatic heterocycles. The first-order valence-electron chi connectivity index (χ1n) is 6.41. The lowest BCUT2D eigenvalue weighted by Crippen LogP contribution is -2.30. The number of nitrogens with zero attached hydrogens (tertiary/aromatic N) is 3. The molecule has 0 spiro atoms. The van der Waals surface area contributed by atoms with E-state index in [-0.39, 0.29) is 5.91 Å². The maximum absolute atomic E-state index is 11.6. The summed E-state index contributed by atoms with van der Waals surface area (Å²) in [4.78, 5) is 15.6. The van der Waals surface area contributed by atoms with E-state index < -0.39 is 5.92 Å². The van der Waals surface area contributed by atoms with Gasteiger partial charge in [0.25, 0.3) is 0 Å². The Morgan fingerprint density at radius 3 is 3.00 bits per heavy atom. The van der Waals surface area contributed by atoms with Crippen LogP contribution >= 0.6 is 0 Å². The molecule has 1 unspecified atom stereocenters. The van der Waals surface area contributed by atoms with Gasteiger partial charge in [-0.2, -0.15) is 5.26 Å². The van der Waals surface area contributed by atoms with Gasteiger partial charge < -0.3 is 9.88 Å². The molecule has 0 aliphatic rings. The van der Waals surface area contributed by atoms with E-state index in [0.717, 1.165) is 25.8 Å². The summed E-state index contributed by atoms with van der Waals surface area (Å²) in [5, 5.41) is 11.6. The highest BCUT2D eigenvalue weighted by atomic mass is 16.1. The van der Waals surface area contributed by atoms with E-state index in [0.29, 0.717) is 13.0 Å². The number of aryl methyl sites for hydroxylation is 1. The predicted molar refractivity (Wildman–Crippen MR) is 68.5 cm³/mol.